The predicted octanol–water partition coefficient (Wildman–Crippen LogP) is 3.10. The molecule has 1 heterocycles. The molecular weight excluding hydrogens is 202 g/mol. The van der Waals surface area contributed by atoms with Gasteiger partial charge in [-0.3, -0.25) is 4.79 Å². The Balaban J connectivity index is 3.09. The molecule has 3 nitrogen and oxygen atoms in total. The molecule has 1 rings (SSSR count). The lowest BCUT2D eigenvalue weighted by atomic mass is 9.87. The molecule has 0 saturated heterocycles. The van der Waals surface area contributed by atoms with Crippen molar-refractivity contribution in [3.63, 3.8) is 0 Å². The van der Waals surface area contributed by atoms with Crippen molar-refractivity contribution >= 4 is 5.78 Å². The standard InChI is InChI=1S/C13H19NO2/c1-9(2)16-12-10(7-6-8-14-12)11(15)13(3,4)5/h6-9H,1-5H3. The zero-order chi connectivity index (χ0) is 12.3. The van der Waals surface area contributed by atoms with Gasteiger partial charge >= 0.3 is 0 Å². The van der Waals surface area contributed by atoms with Crippen LogP contribution in [0.15, 0.2) is 18.3 Å². The molecule has 0 amide bonds. The highest BCUT2D eigenvalue weighted by Gasteiger charge is 2.26. The summed E-state index contributed by atoms with van der Waals surface area (Å²) in [7, 11) is 0. The van der Waals surface area contributed by atoms with Crippen LogP contribution in [0.3, 0.4) is 0 Å². The Bertz CT molecular complexity index is 378. The molecule has 0 bridgehead atoms. The molecule has 0 aromatic carbocycles. The zero-order valence-electron chi connectivity index (χ0n) is 10.6. The number of carbonyl (C=O) groups is 1. The summed E-state index contributed by atoms with van der Waals surface area (Å²) in [4.78, 5) is 16.3. The molecule has 0 fully saturated rings. The fourth-order valence-electron chi connectivity index (χ4n) is 1.28. The highest BCUT2D eigenvalue weighted by Crippen LogP contribution is 2.26. The molecule has 0 aliphatic carbocycles. The van der Waals surface area contributed by atoms with Crippen molar-refractivity contribution in [2.75, 3.05) is 0 Å². The fraction of sp³-hybridized carbons (Fsp3) is 0.538. The van der Waals surface area contributed by atoms with Crippen molar-refractivity contribution in [1.82, 2.24) is 4.98 Å². The summed E-state index contributed by atoms with van der Waals surface area (Å²) in [5, 5.41) is 0. The van der Waals surface area contributed by atoms with Crippen molar-refractivity contribution in [2.24, 2.45) is 5.41 Å². The summed E-state index contributed by atoms with van der Waals surface area (Å²) in [6.07, 6.45) is 1.65. The number of nitrogens with zero attached hydrogens (tertiary/aromatic N) is 1. The lowest BCUT2D eigenvalue weighted by Gasteiger charge is -2.19. The highest BCUT2D eigenvalue weighted by molar-refractivity contribution is 6.01. The van der Waals surface area contributed by atoms with Gasteiger partial charge in [-0.05, 0) is 26.0 Å². The summed E-state index contributed by atoms with van der Waals surface area (Å²) >= 11 is 0. The predicted molar refractivity (Wildman–Crippen MR) is 63.8 cm³/mol. The van der Waals surface area contributed by atoms with Crippen LogP contribution < -0.4 is 4.74 Å². The van der Waals surface area contributed by atoms with E-state index in [9.17, 15) is 4.79 Å². The molecule has 0 atom stereocenters. The van der Waals surface area contributed by atoms with Gasteiger partial charge in [0.05, 0.1) is 11.7 Å². The number of carbonyl (C=O) groups excluding carboxylic acids is 1. The van der Waals surface area contributed by atoms with E-state index in [-0.39, 0.29) is 11.9 Å². The van der Waals surface area contributed by atoms with Gasteiger partial charge < -0.3 is 4.74 Å². The smallest absolute Gasteiger partial charge is 0.224 e. The van der Waals surface area contributed by atoms with Crippen LogP contribution in [0.4, 0.5) is 0 Å². The van der Waals surface area contributed by atoms with Crippen molar-refractivity contribution < 1.29 is 9.53 Å². The van der Waals surface area contributed by atoms with Gasteiger partial charge in [0.2, 0.25) is 5.88 Å². The number of ether oxygens (including phenoxy) is 1. The molecule has 1 aromatic heterocycles. The lowest BCUT2D eigenvalue weighted by Crippen LogP contribution is -2.22. The number of pyridine rings is 1. The van der Waals surface area contributed by atoms with E-state index in [0.717, 1.165) is 0 Å². The summed E-state index contributed by atoms with van der Waals surface area (Å²) < 4.78 is 5.53. The van der Waals surface area contributed by atoms with Gasteiger partial charge in [-0.15, -0.1) is 0 Å². The number of Topliss-reactive ketones (excluding diaryl/α,β-unsaturated/α-hetero) is 1. The Labute approximate surface area is 96.8 Å². The van der Waals surface area contributed by atoms with Crippen LogP contribution in [0, 0.1) is 5.41 Å². The summed E-state index contributed by atoms with van der Waals surface area (Å²) in [6.45, 7) is 9.50. The van der Waals surface area contributed by atoms with E-state index in [1.54, 1.807) is 18.3 Å². The molecule has 3 heteroatoms. The maximum atomic E-state index is 12.1. The SMILES string of the molecule is CC(C)Oc1ncccc1C(=O)C(C)(C)C. The van der Waals surface area contributed by atoms with Crippen LogP contribution in [0.1, 0.15) is 45.0 Å². The number of rotatable bonds is 3. The lowest BCUT2D eigenvalue weighted by molar-refractivity contribution is 0.0851. The van der Waals surface area contributed by atoms with E-state index in [4.69, 9.17) is 4.74 Å². The van der Waals surface area contributed by atoms with Crippen molar-refractivity contribution in [3.8, 4) is 5.88 Å². The quantitative estimate of drug-likeness (QED) is 0.736. The Morgan fingerprint density at radius 2 is 2.00 bits per heavy atom. The highest BCUT2D eigenvalue weighted by atomic mass is 16.5. The third kappa shape index (κ3) is 3.05. The van der Waals surface area contributed by atoms with Crippen LogP contribution in [-0.4, -0.2) is 16.9 Å². The molecule has 0 radical (unpaired) electrons. The van der Waals surface area contributed by atoms with Gasteiger partial charge in [0.1, 0.15) is 0 Å². The molecule has 0 aliphatic heterocycles. The fourth-order valence-corrected chi connectivity index (χ4v) is 1.28. The third-order valence-electron chi connectivity index (χ3n) is 2.04. The first-order valence-corrected chi connectivity index (χ1v) is 5.49. The minimum atomic E-state index is -0.419. The Hall–Kier alpha value is -1.38. The minimum absolute atomic E-state index is 0.0152. The van der Waals surface area contributed by atoms with Gasteiger partial charge in [-0.1, -0.05) is 20.8 Å². The Morgan fingerprint density at radius 3 is 2.50 bits per heavy atom. The van der Waals surface area contributed by atoms with Crippen molar-refractivity contribution in [1.29, 1.82) is 0 Å². The van der Waals surface area contributed by atoms with Crippen LogP contribution >= 0.6 is 0 Å². The van der Waals surface area contributed by atoms with Gasteiger partial charge in [0, 0.05) is 11.6 Å². The van der Waals surface area contributed by atoms with Crippen molar-refractivity contribution in [2.45, 2.75) is 40.7 Å². The largest absolute Gasteiger partial charge is 0.474 e. The van der Waals surface area contributed by atoms with E-state index in [1.807, 2.05) is 34.6 Å². The third-order valence-corrected chi connectivity index (χ3v) is 2.04. The molecule has 16 heavy (non-hydrogen) atoms. The molecule has 0 N–H and O–H groups in total. The number of aromatic nitrogens is 1. The Kier molecular flexibility index (Phi) is 3.68. The zero-order valence-corrected chi connectivity index (χ0v) is 10.6. The van der Waals surface area contributed by atoms with Crippen molar-refractivity contribution in [3.05, 3.63) is 23.9 Å². The molecule has 0 spiro atoms. The molecule has 0 unspecified atom stereocenters. The van der Waals surface area contributed by atoms with E-state index in [2.05, 4.69) is 4.98 Å². The van der Waals surface area contributed by atoms with Gasteiger partial charge in [0.25, 0.3) is 0 Å². The van der Waals surface area contributed by atoms with Gasteiger partial charge in [-0.25, -0.2) is 4.98 Å². The first-order valence-electron chi connectivity index (χ1n) is 5.49. The maximum Gasteiger partial charge on any atom is 0.224 e. The van der Waals surface area contributed by atoms with E-state index >= 15 is 0 Å². The normalized spacial score (nSPS) is 11.6. The van der Waals surface area contributed by atoms with E-state index < -0.39 is 5.41 Å². The monoisotopic (exact) mass is 221 g/mol. The van der Waals surface area contributed by atoms with Gasteiger partial charge in [0.15, 0.2) is 5.78 Å². The van der Waals surface area contributed by atoms with Crippen LogP contribution in [0.25, 0.3) is 0 Å². The second-order valence-electron chi connectivity index (χ2n) is 5.10. The second-order valence-corrected chi connectivity index (χ2v) is 5.10. The molecule has 88 valence electrons. The number of hydrogen-bond acceptors (Lipinski definition) is 3. The van der Waals surface area contributed by atoms with Crippen LogP contribution in [0.2, 0.25) is 0 Å². The number of ketones is 1. The maximum absolute atomic E-state index is 12.1. The molecular formula is C13H19NO2. The van der Waals surface area contributed by atoms with E-state index in [1.165, 1.54) is 0 Å². The molecule has 0 aliphatic rings. The van der Waals surface area contributed by atoms with Crippen LogP contribution in [-0.2, 0) is 0 Å². The summed E-state index contributed by atoms with van der Waals surface area (Å²) in [5.74, 6) is 0.480. The average molecular weight is 221 g/mol. The van der Waals surface area contributed by atoms with Gasteiger partial charge in [-0.2, -0.15) is 0 Å². The first kappa shape index (κ1) is 12.7. The average Bonchev–Trinajstić information content (AvgIpc) is 2.15. The van der Waals surface area contributed by atoms with E-state index in [0.29, 0.717) is 11.4 Å². The summed E-state index contributed by atoms with van der Waals surface area (Å²) in [6, 6.07) is 3.52. The summed E-state index contributed by atoms with van der Waals surface area (Å²) in [5.41, 5.74) is 0.140. The van der Waals surface area contributed by atoms with Crippen LogP contribution in [0.5, 0.6) is 5.88 Å². The minimum Gasteiger partial charge on any atom is -0.474 e. The first-order chi connectivity index (χ1) is 7.32. The molecule has 0 saturated carbocycles. The topological polar surface area (TPSA) is 39.2 Å². The Morgan fingerprint density at radius 1 is 1.38 bits per heavy atom. The second kappa shape index (κ2) is 4.64. The molecule has 1 aromatic rings. The number of hydrogen-bond donors (Lipinski definition) is 0.